The van der Waals surface area contributed by atoms with Crippen LogP contribution in [0.15, 0.2) is 48.5 Å². The maximum atomic E-state index is 12.4. The fourth-order valence-corrected chi connectivity index (χ4v) is 5.14. The minimum absolute atomic E-state index is 0.0129. The lowest BCUT2D eigenvalue weighted by Gasteiger charge is -2.14. The van der Waals surface area contributed by atoms with Gasteiger partial charge in [-0.2, -0.15) is 0 Å². The standard InChI is InChI=1S/C26H27N3O5S/c1-16-24(25(32)27-13-7-6-12-23(30)31)35-22(29-16)14-28-26(33)34-15-21-19-10-4-2-8-17(19)18-9-3-5-11-20(18)21/h2-5,8-11,21H,6-7,12-15H2,1H3,(H,27,32)(H,28,33)(H,30,31). The van der Waals surface area contributed by atoms with Crippen LogP contribution in [0.25, 0.3) is 11.1 Å². The number of carbonyl (C=O) groups excluding carboxylic acids is 2. The molecule has 0 bridgehead atoms. The third kappa shape index (κ3) is 5.86. The lowest BCUT2D eigenvalue weighted by molar-refractivity contribution is -0.137. The van der Waals surface area contributed by atoms with Crippen molar-refractivity contribution in [2.24, 2.45) is 0 Å². The SMILES string of the molecule is Cc1nc(CNC(=O)OCC2c3ccccc3-c3ccccc32)sc1C(=O)NCCCCC(=O)O. The van der Waals surface area contributed by atoms with E-state index in [1.54, 1.807) is 6.92 Å². The van der Waals surface area contributed by atoms with E-state index in [-0.39, 0.29) is 31.4 Å². The molecule has 0 saturated heterocycles. The monoisotopic (exact) mass is 493 g/mol. The average Bonchev–Trinajstić information content (AvgIpc) is 3.38. The van der Waals surface area contributed by atoms with Crippen molar-refractivity contribution in [3.63, 3.8) is 0 Å². The van der Waals surface area contributed by atoms with Crippen LogP contribution in [-0.4, -0.2) is 41.2 Å². The molecule has 1 heterocycles. The van der Waals surface area contributed by atoms with E-state index < -0.39 is 12.1 Å². The number of fused-ring (bicyclic) bond motifs is 3. The molecule has 1 aliphatic carbocycles. The first-order chi connectivity index (χ1) is 16.9. The molecule has 3 aromatic rings. The molecule has 0 saturated carbocycles. The summed E-state index contributed by atoms with van der Waals surface area (Å²) in [7, 11) is 0. The predicted molar refractivity (Wildman–Crippen MR) is 133 cm³/mol. The molecule has 35 heavy (non-hydrogen) atoms. The number of carboxylic acids is 1. The van der Waals surface area contributed by atoms with Crippen molar-refractivity contribution in [1.29, 1.82) is 0 Å². The molecule has 9 heteroatoms. The number of nitrogens with one attached hydrogen (secondary N) is 2. The lowest BCUT2D eigenvalue weighted by atomic mass is 9.98. The molecule has 0 spiro atoms. The zero-order valence-electron chi connectivity index (χ0n) is 19.4. The third-order valence-corrected chi connectivity index (χ3v) is 7.03. The minimum Gasteiger partial charge on any atom is -0.481 e. The predicted octanol–water partition coefficient (Wildman–Crippen LogP) is 4.47. The number of thiazole rings is 1. The summed E-state index contributed by atoms with van der Waals surface area (Å²) < 4.78 is 5.54. The number of aliphatic carboxylic acids is 1. The Morgan fingerprint density at radius 1 is 1.00 bits per heavy atom. The highest BCUT2D eigenvalue weighted by molar-refractivity contribution is 7.13. The molecule has 1 aliphatic rings. The van der Waals surface area contributed by atoms with Gasteiger partial charge in [0.25, 0.3) is 5.91 Å². The molecule has 0 unspecified atom stereocenters. The van der Waals surface area contributed by atoms with Crippen molar-refractivity contribution >= 4 is 29.3 Å². The summed E-state index contributed by atoms with van der Waals surface area (Å²) >= 11 is 1.22. The largest absolute Gasteiger partial charge is 0.481 e. The number of ether oxygens (including phenoxy) is 1. The van der Waals surface area contributed by atoms with Gasteiger partial charge in [0, 0.05) is 18.9 Å². The molecule has 4 rings (SSSR count). The molecule has 0 atom stereocenters. The highest BCUT2D eigenvalue weighted by Gasteiger charge is 2.29. The van der Waals surface area contributed by atoms with Gasteiger partial charge in [-0.25, -0.2) is 9.78 Å². The number of alkyl carbamates (subject to hydrolysis) is 1. The first-order valence-corrected chi connectivity index (χ1v) is 12.3. The van der Waals surface area contributed by atoms with E-state index >= 15 is 0 Å². The van der Waals surface area contributed by atoms with Crippen LogP contribution < -0.4 is 10.6 Å². The summed E-state index contributed by atoms with van der Waals surface area (Å²) in [4.78, 5) is 40.2. The number of nitrogens with zero attached hydrogens (tertiary/aromatic N) is 1. The van der Waals surface area contributed by atoms with E-state index in [1.807, 2.05) is 24.3 Å². The van der Waals surface area contributed by atoms with Crippen molar-refractivity contribution in [2.45, 2.75) is 38.6 Å². The lowest BCUT2D eigenvalue weighted by Crippen LogP contribution is -2.25. The van der Waals surface area contributed by atoms with Crippen molar-refractivity contribution in [3.05, 3.63) is 75.2 Å². The molecule has 1 aromatic heterocycles. The van der Waals surface area contributed by atoms with Crippen molar-refractivity contribution < 1.29 is 24.2 Å². The van der Waals surface area contributed by atoms with Crippen LogP contribution in [0.5, 0.6) is 0 Å². The van der Waals surface area contributed by atoms with Crippen LogP contribution in [0.2, 0.25) is 0 Å². The molecule has 8 nitrogen and oxygen atoms in total. The van der Waals surface area contributed by atoms with Gasteiger partial charge < -0.3 is 20.5 Å². The first kappa shape index (κ1) is 24.4. The van der Waals surface area contributed by atoms with Gasteiger partial charge in [-0.15, -0.1) is 11.3 Å². The van der Waals surface area contributed by atoms with E-state index in [4.69, 9.17) is 9.84 Å². The number of unbranched alkanes of at least 4 members (excludes halogenated alkanes) is 1. The van der Waals surface area contributed by atoms with Crippen LogP contribution in [0.1, 0.15) is 56.7 Å². The summed E-state index contributed by atoms with van der Waals surface area (Å²) in [5.74, 6) is -1.10. The van der Waals surface area contributed by atoms with Crippen LogP contribution >= 0.6 is 11.3 Å². The number of rotatable bonds is 10. The third-order valence-electron chi connectivity index (χ3n) is 5.88. The zero-order valence-corrected chi connectivity index (χ0v) is 20.2. The average molecular weight is 494 g/mol. The van der Waals surface area contributed by atoms with E-state index in [0.29, 0.717) is 35.0 Å². The van der Waals surface area contributed by atoms with E-state index in [1.165, 1.54) is 22.5 Å². The van der Waals surface area contributed by atoms with E-state index in [2.05, 4.69) is 39.9 Å². The Bertz CT molecular complexity index is 1190. The van der Waals surface area contributed by atoms with Gasteiger partial charge in [0.15, 0.2) is 0 Å². The Kier molecular flexibility index (Phi) is 7.77. The second-order valence-electron chi connectivity index (χ2n) is 8.31. The maximum absolute atomic E-state index is 12.4. The zero-order chi connectivity index (χ0) is 24.8. The Hall–Kier alpha value is -3.72. The van der Waals surface area contributed by atoms with Gasteiger partial charge in [-0.3, -0.25) is 9.59 Å². The molecule has 0 fully saturated rings. The summed E-state index contributed by atoms with van der Waals surface area (Å²) in [5, 5.41) is 14.8. The highest BCUT2D eigenvalue weighted by atomic mass is 32.1. The number of hydrogen-bond donors (Lipinski definition) is 3. The summed E-state index contributed by atoms with van der Waals surface area (Å²) in [5.41, 5.74) is 5.22. The highest BCUT2D eigenvalue weighted by Crippen LogP contribution is 2.44. The molecule has 0 aliphatic heterocycles. The van der Waals surface area contributed by atoms with Crippen LogP contribution in [0, 0.1) is 6.92 Å². The van der Waals surface area contributed by atoms with E-state index in [9.17, 15) is 14.4 Å². The second kappa shape index (κ2) is 11.1. The summed E-state index contributed by atoms with van der Waals surface area (Å²) in [6.45, 7) is 2.53. The Balaban J connectivity index is 1.27. The van der Waals surface area contributed by atoms with Crippen molar-refractivity contribution in [2.75, 3.05) is 13.2 Å². The summed E-state index contributed by atoms with van der Waals surface area (Å²) in [6.07, 6.45) is 0.643. The molecule has 3 N–H and O–H groups in total. The van der Waals surface area contributed by atoms with Crippen molar-refractivity contribution in [1.82, 2.24) is 15.6 Å². The van der Waals surface area contributed by atoms with Gasteiger partial charge in [0.1, 0.15) is 16.5 Å². The van der Waals surface area contributed by atoms with Gasteiger partial charge in [0.05, 0.1) is 12.2 Å². The molecular formula is C26H27N3O5S. The Morgan fingerprint density at radius 3 is 2.31 bits per heavy atom. The minimum atomic E-state index is -0.844. The summed E-state index contributed by atoms with van der Waals surface area (Å²) in [6, 6.07) is 16.3. The molecule has 0 radical (unpaired) electrons. The van der Waals surface area contributed by atoms with Gasteiger partial charge in [-0.1, -0.05) is 48.5 Å². The fourth-order valence-electron chi connectivity index (χ4n) is 4.22. The van der Waals surface area contributed by atoms with Crippen LogP contribution in [-0.2, 0) is 16.1 Å². The molecular weight excluding hydrogens is 466 g/mol. The number of carbonyl (C=O) groups is 3. The van der Waals surface area contributed by atoms with Gasteiger partial charge >= 0.3 is 12.1 Å². The maximum Gasteiger partial charge on any atom is 0.407 e. The quantitative estimate of drug-likeness (QED) is 0.359. The molecule has 182 valence electrons. The van der Waals surface area contributed by atoms with Gasteiger partial charge in [-0.05, 0) is 42.0 Å². The number of amides is 2. The fraction of sp³-hybridized carbons (Fsp3) is 0.308. The number of aromatic nitrogens is 1. The van der Waals surface area contributed by atoms with Gasteiger partial charge in [0.2, 0.25) is 0 Å². The Labute approximate surface area is 207 Å². The normalized spacial score (nSPS) is 12.0. The van der Waals surface area contributed by atoms with E-state index in [0.717, 1.165) is 11.1 Å². The van der Waals surface area contributed by atoms with Crippen LogP contribution in [0.3, 0.4) is 0 Å². The second-order valence-corrected chi connectivity index (χ2v) is 9.39. The number of aryl methyl sites for hydroxylation is 1. The molecule has 2 aromatic carbocycles. The number of carboxylic acid groups (broad SMARTS) is 1. The topological polar surface area (TPSA) is 118 Å². The number of hydrogen-bond acceptors (Lipinski definition) is 6. The Morgan fingerprint density at radius 2 is 1.66 bits per heavy atom. The van der Waals surface area contributed by atoms with Crippen LogP contribution in [0.4, 0.5) is 4.79 Å². The smallest absolute Gasteiger partial charge is 0.407 e. The molecule has 2 amide bonds. The van der Waals surface area contributed by atoms with Crippen molar-refractivity contribution in [3.8, 4) is 11.1 Å². The first-order valence-electron chi connectivity index (χ1n) is 11.5. The number of benzene rings is 2.